The van der Waals surface area contributed by atoms with E-state index in [-0.39, 0.29) is 31.4 Å². The van der Waals surface area contributed by atoms with Gasteiger partial charge in [-0.2, -0.15) is 11.3 Å². The van der Waals surface area contributed by atoms with Crippen LogP contribution in [0, 0.1) is 0 Å². The van der Waals surface area contributed by atoms with Gasteiger partial charge in [0.25, 0.3) is 5.91 Å². The third-order valence-electron chi connectivity index (χ3n) is 3.91. The van der Waals surface area contributed by atoms with Gasteiger partial charge in [-0.25, -0.2) is 0 Å². The number of nitrogens with one attached hydrogen (secondary N) is 1. The highest BCUT2D eigenvalue weighted by Crippen LogP contribution is 2.22. The summed E-state index contributed by atoms with van der Waals surface area (Å²) in [6.07, 6.45) is 0.140. The first-order chi connectivity index (χ1) is 12.7. The molecule has 134 valence electrons. The maximum Gasteiger partial charge on any atom is 0.307 e. The normalized spacial score (nSPS) is 10.5. The summed E-state index contributed by atoms with van der Waals surface area (Å²) in [5, 5.41) is 8.43. The van der Waals surface area contributed by atoms with Crippen LogP contribution in [0.15, 0.2) is 53.2 Å². The number of ether oxygens (including phenoxy) is 2. The molecule has 0 saturated heterocycles. The fraction of sp³-hybridized carbons (Fsp3) is 0.200. The molecule has 1 amide bonds. The number of fused-ring (bicyclic) bond motifs is 1. The second-order valence-electron chi connectivity index (χ2n) is 5.73. The van der Waals surface area contributed by atoms with Gasteiger partial charge in [0.1, 0.15) is 12.4 Å². The Balaban J connectivity index is 1.46. The number of hydrogen-bond donors (Lipinski definition) is 1. The van der Waals surface area contributed by atoms with E-state index in [0.717, 1.165) is 22.1 Å². The van der Waals surface area contributed by atoms with Gasteiger partial charge in [0, 0.05) is 17.5 Å². The Morgan fingerprint density at radius 2 is 1.88 bits per heavy atom. The molecule has 1 heterocycles. The second-order valence-corrected chi connectivity index (χ2v) is 6.51. The van der Waals surface area contributed by atoms with Crippen LogP contribution in [0.1, 0.15) is 22.3 Å². The molecule has 0 aliphatic rings. The largest absolute Gasteiger partial charge is 0.497 e. The van der Waals surface area contributed by atoms with E-state index in [9.17, 15) is 9.59 Å². The van der Waals surface area contributed by atoms with Crippen LogP contribution in [0.5, 0.6) is 5.75 Å². The predicted molar refractivity (Wildman–Crippen MR) is 102 cm³/mol. The number of carbonyl (C=O) groups is 2. The lowest BCUT2D eigenvalue weighted by Gasteiger charge is -2.08. The Bertz CT molecular complexity index is 905. The Labute approximate surface area is 155 Å². The first-order valence-electron chi connectivity index (χ1n) is 8.18. The van der Waals surface area contributed by atoms with Gasteiger partial charge in [0.15, 0.2) is 0 Å². The van der Waals surface area contributed by atoms with Crippen LogP contribution in [0.3, 0.4) is 0 Å². The molecule has 0 unspecified atom stereocenters. The van der Waals surface area contributed by atoms with E-state index >= 15 is 0 Å². The van der Waals surface area contributed by atoms with Crippen LogP contribution < -0.4 is 10.1 Å². The van der Waals surface area contributed by atoms with Gasteiger partial charge in [-0.3, -0.25) is 9.59 Å². The van der Waals surface area contributed by atoms with Crippen molar-refractivity contribution >= 4 is 34.0 Å². The number of hydrogen-bond acceptors (Lipinski definition) is 5. The fourth-order valence-electron chi connectivity index (χ4n) is 2.50. The van der Waals surface area contributed by atoms with Crippen molar-refractivity contribution < 1.29 is 19.1 Å². The molecule has 0 aliphatic carbocycles. The molecule has 0 spiro atoms. The van der Waals surface area contributed by atoms with Crippen molar-refractivity contribution in [3.8, 4) is 5.75 Å². The summed E-state index contributed by atoms with van der Waals surface area (Å²) in [6, 6.07) is 13.5. The van der Waals surface area contributed by atoms with Gasteiger partial charge in [-0.05, 0) is 46.0 Å². The molecule has 26 heavy (non-hydrogen) atoms. The van der Waals surface area contributed by atoms with Crippen LogP contribution in [-0.2, 0) is 16.1 Å². The lowest BCUT2D eigenvalue weighted by atomic mass is 10.1. The Morgan fingerprint density at radius 1 is 1.08 bits per heavy atom. The van der Waals surface area contributed by atoms with Crippen molar-refractivity contribution in [2.24, 2.45) is 0 Å². The third-order valence-corrected chi connectivity index (χ3v) is 4.59. The van der Waals surface area contributed by atoms with E-state index < -0.39 is 0 Å². The summed E-state index contributed by atoms with van der Waals surface area (Å²) in [5.74, 6) is 0.288. The predicted octanol–water partition coefficient (Wildman–Crippen LogP) is 3.77. The number of thiophene rings is 1. The highest BCUT2D eigenvalue weighted by molar-refractivity contribution is 7.08. The zero-order valence-corrected chi connectivity index (χ0v) is 15.2. The molecule has 2 aromatic carbocycles. The highest BCUT2D eigenvalue weighted by Gasteiger charge is 2.08. The standard InChI is InChI=1S/C20H19NO4S/c1-24-18-5-4-15-10-14(2-3-16(15)11-18)12-25-19(22)6-8-21-20(23)17-7-9-26-13-17/h2-5,7,9-11,13H,6,8,12H2,1H3,(H,21,23). The summed E-state index contributed by atoms with van der Waals surface area (Å²) in [5.41, 5.74) is 1.52. The molecule has 1 aromatic heterocycles. The molecule has 1 N–H and O–H groups in total. The molecule has 0 bridgehead atoms. The Hall–Kier alpha value is -2.86. The number of esters is 1. The molecular formula is C20H19NO4S. The van der Waals surface area contributed by atoms with Crippen LogP contribution in [0.2, 0.25) is 0 Å². The van der Waals surface area contributed by atoms with Crippen LogP contribution in [0.4, 0.5) is 0 Å². The maximum atomic E-state index is 11.8. The molecule has 3 rings (SSSR count). The molecule has 0 saturated carbocycles. The van der Waals surface area contributed by atoms with Crippen LogP contribution in [0.25, 0.3) is 10.8 Å². The number of methoxy groups -OCH3 is 1. The van der Waals surface area contributed by atoms with Crippen molar-refractivity contribution in [3.05, 3.63) is 64.4 Å². The van der Waals surface area contributed by atoms with Crippen molar-refractivity contribution in [2.75, 3.05) is 13.7 Å². The molecule has 0 radical (unpaired) electrons. The topological polar surface area (TPSA) is 64.6 Å². The monoisotopic (exact) mass is 369 g/mol. The van der Waals surface area contributed by atoms with Crippen LogP contribution >= 0.6 is 11.3 Å². The van der Waals surface area contributed by atoms with Gasteiger partial charge in [0.2, 0.25) is 0 Å². The number of carbonyl (C=O) groups excluding carboxylic acids is 2. The first-order valence-corrected chi connectivity index (χ1v) is 9.13. The summed E-state index contributed by atoms with van der Waals surface area (Å²) >= 11 is 1.46. The van der Waals surface area contributed by atoms with E-state index in [1.165, 1.54) is 11.3 Å². The lowest BCUT2D eigenvalue weighted by Crippen LogP contribution is -2.26. The molecule has 0 atom stereocenters. The first kappa shape index (κ1) is 17.9. The van der Waals surface area contributed by atoms with Crippen molar-refractivity contribution in [1.82, 2.24) is 5.32 Å². The van der Waals surface area contributed by atoms with Crippen molar-refractivity contribution in [2.45, 2.75) is 13.0 Å². The average molecular weight is 369 g/mol. The zero-order chi connectivity index (χ0) is 18.4. The summed E-state index contributed by atoms with van der Waals surface area (Å²) < 4.78 is 10.5. The minimum absolute atomic E-state index is 0.140. The molecule has 3 aromatic rings. The molecular weight excluding hydrogens is 350 g/mol. The van der Waals surface area contributed by atoms with E-state index in [1.54, 1.807) is 18.6 Å². The SMILES string of the molecule is COc1ccc2cc(COC(=O)CCNC(=O)c3ccsc3)ccc2c1. The van der Waals surface area contributed by atoms with Crippen molar-refractivity contribution in [1.29, 1.82) is 0 Å². The van der Waals surface area contributed by atoms with Gasteiger partial charge in [0.05, 0.1) is 13.5 Å². The van der Waals surface area contributed by atoms with E-state index in [2.05, 4.69) is 5.32 Å². The Kier molecular flexibility index (Phi) is 5.86. The summed E-state index contributed by atoms with van der Waals surface area (Å²) in [4.78, 5) is 23.6. The lowest BCUT2D eigenvalue weighted by molar-refractivity contribution is -0.144. The molecule has 6 heteroatoms. The van der Waals surface area contributed by atoms with Gasteiger partial charge in [-0.15, -0.1) is 0 Å². The highest BCUT2D eigenvalue weighted by atomic mass is 32.1. The van der Waals surface area contributed by atoms with Gasteiger partial charge < -0.3 is 14.8 Å². The summed E-state index contributed by atoms with van der Waals surface area (Å²) in [7, 11) is 1.64. The van der Waals surface area contributed by atoms with E-state index in [1.807, 2.05) is 41.8 Å². The number of amides is 1. The maximum absolute atomic E-state index is 11.8. The molecule has 0 aliphatic heterocycles. The average Bonchev–Trinajstić information content (AvgIpc) is 3.20. The minimum Gasteiger partial charge on any atom is -0.497 e. The third kappa shape index (κ3) is 4.61. The Morgan fingerprint density at radius 3 is 2.65 bits per heavy atom. The smallest absolute Gasteiger partial charge is 0.307 e. The van der Waals surface area contributed by atoms with E-state index in [4.69, 9.17) is 9.47 Å². The quantitative estimate of drug-likeness (QED) is 0.644. The van der Waals surface area contributed by atoms with E-state index in [0.29, 0.717) is 5.56 Å². The van der Waals surface area contributed by atoms with Gasteiger partial charge >= 0.3 is 5.97 Å². The fourth-order valence-corrected chi connectivity index (χ4v) is 3.14. The number of benzene rings is 2. The van der Waals surface area contributed by atoms with Crippen LogP contribution in [-0.4, -0.2) is 25.5 Å². The molecule has 0 fully saturated rings. The molecule has 5 nitrogen and oxygen atoms in total. The van der Waals surface area contributed by atoms with Gasteiger partial charge in [-0.1, -0.05) is 18.2 Å². The number of rotatable bonds is 7. The second kappa shape index (κ2) is 8.49. The minimum atomic E-state index is -0.342. The summed E-state index contributed by atoms with van der Waals surface area (Å²) in [6.45, 7) is 0.463. The van der Waals surface area contributed by atoms with Crippen molar-refractivity contribution in [3.63, 3.8) is 0 Å². The zero-order valence-electron chi connectivity index (χ0n) is 14.4.